The third-order valence-electron chi connectivity index (χ3n) is 7.19. The summed E-state index contributed by atoms with van der Waals surface area (Å²) in [5.74, 6) is -1.80. The van der Waals surface area contributed by atoms with Gasteiger partial charge in [0.2, 0.25) is 12.0 Å². The number of aliphatic hydroxyl groups excluding tert-OH is 3. The number of aliphatic hydroxyl groups is 3. The van der Waals surface area contributed by atoms with Gasteiger partial charge in [0.15, 0.2) is 28.4 Å². The van der Waals surface area contributed by atoms with Crippen molar-refractivity contribution in [2.75, 3.05) is 20.8 Å². The lowest BCUT2D eigenvalue weighted by molar-refractivity contribution is -0.278. The minimum atomic E-state index is -1.82. The molecule has 0 radical (unpaired) electrons. The largest absolute Gasteiger partial charge is 0.508 e. The molecule has 14 heteroatoms. The van der Waals surface area contributed by atoms with Crippen LogP contribution in [0.5, 0.6) is 34.5 Å². The van der Waals surface area contributed by atoms with E-state index >= 15 is 0 Å². The van der Waals surface area contributed by atoms with E-state index in [2.05, 4.69) is 0 Å². The zero-order valence-electron chi connectivity index (χ0n) is 24.4. The molecule has 0 aliphatic carbocycles. The highest BCUT2D eigenvalue weighted by Gasteiger charge is 2.46. The Morgan fingerprint density at radius 1 is 0.891 bits per heavy atom. The van der Waals surface area contributed by atoms with Crippen LogP contribution < -0.4 is 19.6 Å². The van der Waals surface area contributed by atoms with Crippen LogP contribution in [0.4, 0.5) is 0 Å². The zero-order chi connectivity index (χ0) is 33.1. The molecule has 5 unspecified atom stereocenters. The standard InChI is InChI=1S/C32H30O14/c1-41-21-11-15(3-9-18(21)34)4-10-25(36)43-14-24-27(37)29(39)30(40)32(46-24)45-23-13-22-26(28(38)31(23)42-2)19(35)12-20(44-22)16-5-7-17(33)8-6-16/h3-13,24,27,29-30,32-34,37-40H,14H2,1-2H3. The van der Waals surface area contributed by atoms with Crippen LogP contribution in [0.2, 0.25) is 0 Å². The Morgan fingerprint density at radius 2 is 1.63 bits per heavy atom. The number of carbonyl (C=O) groups excluding carboxylic acids is 1. The van der Waals surface area contributed by atoms with E-state index in [4.69, 9.17) is 28.1 Å². The Kier molecular flexibility index (Phi) is 9.34. The summed E-state index contributed by atoms with van der Waals surface area (Å²) < 4.78 is 32.7. The van der Waals surface area contributed by atoms with Gasteiger partial charge in [0.25, 0.3) is 0 Å². The van der Waals surface area contributed by atoms with Gasteiger partial charge in [-0.05, 0) is 48.0 Å². The second-order valence-corrected chi connectivity index (χ2v) is 10.2. The lowest BCUT2D eigenvalue weighted by atomic mass is 9.99. The first-order valence-electron chi connectivity index (χ1n) is 13.8. The topological polar surface area (TPSA) is 215 Å². The molecule has 1 aliphatic heterocycles. The Balaban J connectivity index is 1.36. The summed E-state index contributed by atoms with van der Waals surface area (Å²) in [6, 6.07) is 12.6. The fourth-order valence-electron chi connectivity index (χ4n) is 4.77. The van der Waals surface area contributed by atoms with Crippen LogP contribution in [0.25, 0.3) is 28.4 Å². The smallest absolute Gasteiger partial charge is 0.330 e. The van der Waals surface area contributed by atoms with E-state index in [1.54, 1.807) is 0 Å². The number of fused-ring (bicyclic) bond motifs is 1. The average Bonchev–Trinajstić information content (AvgIpc) is 3.04. The molecule has 1 saturated heterocycles. The van der Waals surface area contributed by atoms with Gasteiger partial charge in [-0.15, -0.1) is 0 Å². The van der Waals surface area contributed by atoms with Crippen molar-refractivity contribution in [3.8, 4) is 45.8 Å². The lowest BCUT2D eigenvalue weighted by Gasteiger charge is -2.40. The summed E-state index contributed by atoms with van der Waals surface area (Å²) >= 11 is 0. The van der Waals surface area contributed by atoms with Gasteiger partial charge >= 0.3 is 5.97 Å². The summed E-state index contributed by atoms with van der Waals surface area (Å²) in [4.78, 5) is 25.3. The van der Waals surface area contributed by atoms with Crippen LogP contribution >= 0.6 is 0 Å². The molecule has 6 N–H and O–H groups in total. The van der Waals surface area contributed by atoms with Crippen molar-refractivity contribution in [3.63, 3.8) is 0 Å². The summed E-state index contributed by atoms with van der Waals surface area (Å²) in [7, 11) is 2.57. The van der Waals surface area contributed by atoms with Gasteiger partial charge in [0.05, 0.1) is 14.2 Å². The quantitative estimate of drug-likeness (QED) is 0.114. The zero-order valence-corrected chi connectivity index (χ0v) is 24.4. The van der Waals surface area contributed by atoms with E-state index in [0.29, 0.717) is 11.1 Å². The number of phenols is 3. The van der Waals surface area contributed by atoms with Gasteiger partial charge in [-0.1, -0.05) is 6.07 Å². The van der Waals surface area contributed by atoms with Crippen LogP contribution in [0.3, 0.4) is 0 Å². The SMILES string of the molecule is COc1cc(C=CC(=O)OCC2OC(Oc3cc4oc(-c5ccc(O)cc5)cc(=O)c4c(O)c3OC)C(O)C(O)C2O)ccc1O. The number of hydrogen-bond donors (Lipinski definition) is 6. The first-order chi connectivity index (χ1) is 22.0. The third kappa shape index (κ3) is 6.55. The van der Waals surface area contributed by atoms with Gasteiger partial charge in [0, 0.05) is 23.8 Å². The molecule has 2 heterocycles. The summed E-state index contributed by atoms with van der Waals surface area (Å²) in [6.45, 7) is -0.558. The highest BCUT2D eigenvalue weighted by Crippen LogP contribution is 2.43. The predicted octanol–water partition coefficient (Wildman–Crippen LogP) is 2.04. The Morgan fingerprint density at radius 3 is 2.33 bits per heavy atom. The number of methoxy groups -OCH3 is 2. The van der Waals surface area contributed by atoms with E-state index in [-0.39, 0.29) is 45.5 Å². The molecular formula is C32H30O14. The van der Waals surface area contributed by atoms with Crippen LogP contribution in [0.1, 0.15) is 5.56 Å². The maximum Gasteiger partial charge on any atom is 0.330 e. The number of carbonyl (C=O) groups is 1. The molecule has 0 spiro atoms. The summed E-state index contributed by atoms with van der Waals surface area (Å²) in [5.41, 5.74) is 0.233. The third-order valence-corrected chi connectivity index (χ3v) is 7.19. The molecule has 3 aromatic carbocycles. The number of hydrogen-bond acceptors (Lipinski definition) is 14. The Labute approximate surface area is 260 Å². The number of ether oxygens (including phenoxy) is 5. The molecule has 0 saturated carbocycles. The number of benzene rings is 3. The van der Waals surface area contributed by atoms with Crippen molar-refractivity contribution in [2.24, 2.45) is 0 Å². The number of aromatic hydroxyl groups is 3. The molecule has 46 heavy (non-hydrogen) atoms. The fraction of sp³-hybridized carbons (Fsp3) is 0.250. The second-order valence-electron chi connectivity index (χ2n) is 10.2. The maximum atomic E-state index is 12.9. The van der Waals surface area contributed by atoms with Crippen LogP contribution in [0, 0.1) is 0 Å². The minimum absolute atomic E-state index is 0.00274. The van der Waals surface area contributed by atoms with Gasteiger partial charge in [-0.2, -0.15) is 0 Å². The molecule has 0 amide bonds. The van der Waals surface area contributed by atoms with Crippen molar-refractivity contribution in [1.29, 1.82) is 0 Å². The number of esters is 1. The van der Waals surface area contributed by atoms with Crippen LogP contribution in [-0.2, 0) is 14.3 Å². The van der Waals surface area contributed by atoms with Crippen LogP contribution in [0.15, 0.2) is 69.9 Å². The lowest BCUT2D eigenvalue weighted by Crippen LogP contribution is -2.60. The maximum absolute atomic E-state index is 12.9. The van der Waals surface area contributed by atoms with Gasteiger partial charge < -0.3 is 58.7 Å². The molecule has 1 aromatic heterocycles. The molecule has 242 valence electrons. The highest BCUT2D eigenvalue weighted by molar-refractivity contribution is 5.89. The predicted molar refractivity (Wildman–Crippen MR) is 160 cm³/mol. The second kappa shape index (κ2) is 13.4. The molecule has 5 rings (SSSR count). The molecule has 14 nitrogen and oxygen atoms in total. The fourth-order valence-corrected chi connectivity index (χ4v) is 4.77. The Hall–Kier alpha value is -5.28. The average molecular weight is 639 g/mol. The van der Waals surface area contributed by atoms with Gasteiger partial charge in [-0.25, -0.2) is 4.79 Å². The van der Waals surface area contributed by atoms with E-state index in [1.807, 2.05) is 0 Å². The first kappa shape index (κ1) is 32.1. The first-order valence-corrected chi connectivity index (χ1v) is 13.8. The van der Waals surface area contributed by atoms with Crippen molar-refractivity contribution >= 4 is 23.0 Å². The highest BCUT2D eigenvalue weighted by atomic mass is 16.7. The van der Waals surface area contributed by atoms with Crippen molar-refractivity contribution in [3.05, 3.63) is 76.5 Å². The normalized spacial score (nSPS) is 21.3. The number of rotatable bonds is 9. The number of phenolic OH excluding ortho intramolecular Hbond substituents is 3. The minimum Gasteiger partial charge on any atom is -0.508 e. The Bertz CT molecular complexity index is 1810. The molecule has 5 atom stereocenters. The molecule has 0 bridgehead atoms. The molecule has 1 aliphatic rings. The van der Waals surface area contributed by atoms with Crippen molar-refractivity contribution in [2.45, 2.75) is 30.7 Å². The van der Waals surface area contributed by atoms with E-state index in [1.165, 1.54) is 68.8 Å². The van der Waals surface area contributed by atoms with E-state index < -0.39 is 54.5 Å². The van der Waals surface area contributed by atoms with Crippen LogP contribution in [-0.4, -0.2) is 88.1 Å². The van der Waals surface area contributed by atoms with Gasteiger partial charge in [0.1, 0.15) is 53.5 Å². The molecule has 1 fully saturated rings. The monoisotopic (exact) mass is 638 g/mol. The molecular weight excluding hydrogens is 608 g/mol. The molecule has 4 aromatic rings. The van der Waals surface area contributed by atoms with Crippen molar-refractivity contribution < 1.29 is 63.5 Å². The van der Waals surface area contributed by atoms with Gasteiger partial charge in [-0.3, -0.25) is 4.79 Å². The summed E-state index contributed by atoms with van der Waals surface area (Å²) in [6.07, 6.45) is -5.87. The van der Waals surface area contributed by atoms with Crippen molar-refractivity contribution in [1.82, 2.24) is 0 Å². The summed E-state index contributed by atoms with van der Waals surface area (Å²) in [5, 5.41) is 61.6. The van der Waals surface area contributed by atoms with E-state index in [9.17, 15) is 40.2 Å². The van der Waals surface area contributed by atoms with E-state index in [0.717, 1.165) is 12.1 Å².